The number of hydrogen-bond acceptors (Lipinski definition) is 7. The van der Waals surface area contributed by atoms with Gasteiger partial charge in [-0.05, 0) is 30.3 Å². The van der Waals surface area contributed by atoms with E-state index in [0.29, 0.717) is 16.7 Å². The Balaban J connectivity index is 1.67. The SMILES string of the molecule is COc1ccc2cc3c(N)nn(C(=O)CCS(=O)(=O)c4ccccc4)c3nc2c1. The lowest BCUT2D eigenvalue weighted by Gasteiger charge is -2.05. The van der Waals surface area contributed by atoms with Gasteiger partial charge in [0, 0.05) is 17.9 Å². The molecule has 0 aliphatic heterocycles. The molecule has 2 aromatic heterocycles. The van der Waals surface area contributed by atoms with Crippen LogP contribution in [0.1, 0.15) is 11.2 Å². The van der Waals surface area contributed by atoms with Gasteiger partial charge in [0.15, 0.2) is 21.3 Å². The highest BCUT2D eigenvalue weighted by molar-refractivity contribution is 7.91. The van der Waals surface area contributed by atoms with Crippen LogP contribution in [0.25, 0.3) is 21.9 Å². The first-order valence-electron chi connectivity index (χ1n) is 8.83. The van der Waals surface area contributed by atoms with Crippen LogP contribution >= 0.6 is 0 Å². The second-order valence-corrected chi connectivity index (χ2v) is 8.60. The molecule has 0 unspecified atom stereocenters. The number of hydrogen-bond donors (Lipinski definition) is 1. The number of nitrogens with two attached hydrogens (primary N) is 1. The van der Waals surface area contributed by atoms with Gasteiger partial charge in [0.2, 0.25) is 5.91 Å². The lowest BCUT2D eigenvalue weighted by atomic mass is 10.2. The van der Waals surface area contributed by atoms with E-state index < -0.39 is 15.7 Å². The van der Waals surface area contributed by atoms with Crippen molar-refractivity contribution in [3.05, 3.63) is 54.6 Å². The van der Waals surface area contributed by atoms with Crippen LogP contribution in [0.15, 0.2) is 59.5 Å². The van der Waals surface area contributed by atoms with Crippen LogP contribution in [0.5, 0.6) is 5.75 Å². The molecular formula is C20H18N4O4S. The summed E-state index contributed by atoms with van der Waals surface area (Å²) in [5.41, 5.74) is 6.86. The molecule has 0 fully saturated rings. The molecule has 2 heterocycles. The lowest BCUT2D eigenvalue weighted by Crippen LogP contribution is -2.18. The highest BCUT2D eigenvalue weighted by Gasteiger charge is 2.20. The highest BCUT2D eigenvalue weighted by Crippen LogP contribution is 2.26. The van der Waals surface area contributed by atoms with Gasteiger partial charge in [0.1, 0.15) is 5.75 Å². The molecule has 0 radical (unpaired) electrons. The zero-order valence-electron chi connectivity index (χ0n) is 15.6. The number of methoxy groups -OCH3 is 1. The minimum Gasteiger partial charge on any atom is -0.497 e. The van der Waals surface area contributed by atoms with Crippen molar-refractivity contribution in [1.29, 1.82) is 0 Å². The van der Waals surface area contributed by atoms with Crippen LogP contribution in [0.4, 0.5) is 5.82 Å². The van der Waals surface area contributed by atoms with Gasteiger partial charge in [0.25, 0.3) is 0 Å². The number of aromatic nitrogens is 3. The Morgan fingerprint density at radius 3 is 2.62 bits per heavy atom. The van der Waals surface area contributed by atoms with Gasteiger partial charge in [-0.15, -0.1) is 5.10 Å². The fraction of sp³-hybridized carbons (Fsp3) is 0.150. The number of pyridine rings is 1. The maximum atomic E-state index is 12.7. The van der Waals surface area contributed by atoms with Crippen LogP contribution in [-0.4, -0.2) is 42.0 Å². The van der Waals surface area contributed by atoms with Gasteiger partial charge in [-0.25, -0.2) is 13.4 Å². The molecule has 9 heteroatoms. The summed E-state index contributed by atoms with van der Waals surface area (Å²) in [6, 6.07) is 15.2. The number of carbonyl (C=O) groups excluding carboxylic acids is 1. The van der Waals surface area contributed by atoms with Gasteiger partial charge in [-0.1, -0.05) is 18.2 Å². The van der Waals surface area contributed by atoms with Crippen molar-refractivity contribution in [1.82, 2.24) is 14.8 Å². The Bertz CT molecular complexity index is 1330. The minimum absolute atomic E-state index is 0.157. The van der Waals surface area contributed by atoms with E-state index in [9.17, 15) is 13.2 Å². The third-order valence-corrected chi connectivity index (χ3v) is 6.34. The van der Waals surface area contributed by atoms with E-state index in [2.05, 4.69) is 10.1 Å². The number of sulfone groups is 1. The number of rotatable bonds is 5. The molecule has 0 aliphatic carbocycles. The number of benzene rings is 2. The molecule has 2 N–H and O–H groups in total. The summed E-state index contributed by atoms with van der Waals surface area (Å²) in [4.78, 5) is 17.4. The number of carbonyl (C=O) groups is 1. The molecule has 0 aliphatic rings. The molecule has 0 saturated carbocycles. The summed E-state index contributed by atoms with van der Waals surface area (Å²) in [5, 5.41) is 5.44. The lowest BCUT2D eigenvalue weighted by molar-refractivity contribution is 0.0899. The van der Waals surface area contributed by atoms with E-state index in [0.717, 1.165) is 10.1 Å². The van der Waals surface area contributed by atoms with Crippen molar-refractivity contribution in [2.45, 2.75) is 11.3 Å². The predicted octanol–water partition coefficient (Wildman–Crippen LogP) is 2.68. The molecule has 0 saturated heterocycles. The van der Waals surface area contributed by atoms with Crippen molar-refractivity contribution < 1.29 is 17.9 Å². The predicted molar refractivity (Wildman–Crippen MR) is 110 cm³/mol. The van der Waals surface area contributed by atoms with Gasteiger partial charge in [-0.3, -0.25) is 4.79 Å². The van der Waals surface area contributed by atoms with E-state index in [1.54, 1.807) is 43.5 Å². The fourth-order valence-electron chi connectivity index (χ4n) is 3.07. The molecule has 0 atom stereocenters. The quantitative estimate of drug-likeness (QED) is 0.537. The Hall–Kier alpha value is -3.46. The second kappa shape index (κ2) is 7.17. The third-order valence-electron chi connectivity index (χ3n) is 4.61. The summed E-state index contributed by atoms with van der Waals surface area (Å²) in [7, 11) is -2.03. The molecular weight excluding hydrogens is 392 g/mol. The van der Waals surface area contributed by atoms with E-state index in [-0.39, 0.29) is 28.5 Å². The van der Waals surface area contributed by atoms with E-state index in [4.69, 9.17) is 10.5 Å². The van der Waals surface area contributed by atoms with E-state index in [1.165, 1.54) is 12.1 Å². The zero-order chi connectivity index (χ0) is 20.6. The molecule has 0 spiro atoms. The maximum Gasteiger partial charge on any atom is 0.249 e. The topological polar surface area (TPSA) is 117 Å². The largest absolute Gasteiger partial charge is 0.497 e. The molecule has 29 heavy (non-hydrogen) atoms. The summed E-state index contributed by atoms with van der Waals surface area (Å²) in [6.45, 7) is 0. The number of nitrogen functional groups attached to an aromatic ring is 1. The summed E-state index contributed by atoms with van der Waals surface area (Å²) in [5.74, 6) is -0.0486. The molecule has 8 nitrogen and oxygen atoms in total. The van der Waals surface area contributed by atoms with Crippen molar-refractivity contribution >= 4 is 43.5 Å². The summed E-state index contributed by atoms with van der Waals surface area (Å²) in [6.07, 6.45) is -0.245. The number of anilines is 1. The van der Waals surface area contributed by atoms with Gasteiger partial charge in [-0.2, -0.15) is 4.68 Å². The minimum atomic E-state index is -3.58. The Morgan fingerprint density at radius 1 is 1.14 bits per heavy atom. The van der Waals surface area contributed by atoms with Gasteiger partial charge < -0.3 is 10.5 Å². The normalized spacial score (nSPS) is 11.8. The summed E-state index contributed by atoms with van der Waals surface area (Å²) < 4.78 is 31.2. The molecule has 148 valence electrons. The van der Waals surface area contributed by atoms with Crippen molar-refractivity contribution in [3.8, 4) is 5.75 Å². The first kappa shape index (κ1) is 18.9. The highest BCUT2D eigenvalue weighted by atomic mass is 32.2. The van der Waals surface area contributed by atoms with Crippen molar-refractivity contribution in [2.24, 2.45) is 0 Å². The summed E-state index contributed by atoms with van der Waals surface area (Å²) >= 11 is 0. The van der Waals surface area contributed by atoms with E-state index >= 15 is 0 Å². The first-order chi connectivity index (χ1) is 13.9. The number of ether oxygens (including phenoxy) is 1. The number of nitrogens with zero attached hydrogens (tertiary/aromatic N) is 3. The standard InChI is InChI=1S/C20H18N4O4S/c1-28-14-8-7-13-11-16-19(21)23-24(20(16)22-17(13)12-14)18(25)9-10-29(26,27)15-5-3-2-4-6-15/h2-8,11-12H,9-10H2,1H3,(H2,21,23). The average Bonchev–Trinajstić information content (AvgIpc) is 3.06. The smallest absolute Gasteiger partial charge is 0.249 e. The average molecular weight is 410 g/mol. The fourth-order valence-corrected chi connectivity index (χ4v) is 4.32. The van der Waals surface area contributed by atoms with Crippen LogP contribution in [0.2, 0.25) is 0 Å². The molecule has 4 rings (SSSR count). The van der Waals surface area contributed by atoms with E-state index in [1.807, 2.05) is 6.07 Å². The molecule has 2 aromatic carbocycles. The molecule has 0 amide bonds. The molecule has 0 bridgehead atoms. The van der Waals surface area contributed by atoms with Crippen LogP contribution in [0.3, 0.4) is 0 Å². The maximum absolute atomic E-state index is 12.7. The van der Waals surface area contributed by atoms with Gasteiger partial charge in [0.05, 0.1) is 28.7 Å². The Kier molecular flexibility index (Phi) is 4.67. The van der Waals surface area contributed by atoms with Crippen molar-refractivity contribution in [3.63, 3.8) is 0 Å². The monoisotopic (exact) mass is 410 g/mol. The number of fused-ring (bicyclic) bond motifs is 2. The zero-order valence-corrected chi connectivity index (χ0v) is 16.4. The second-order valence-electron chi connectivity index (χ2n) is 6.49. The molecule has 4 aromatic rings. The van der Waals surface area contributed by atoms with Crippen LogP contribution < -0.4 is 10.5 Å². The van der Waals surface area contributed by atoms with Gasteiger partial charge >= 0.3 is 0 Å². The van der Waals surface area contributed by atoms with Crippen LogP contribution in [0, 0.1) is 0 Å². The van der Waals surface area contributed by atoms with Crippen LogP contribution in [-0.2, 0) is 9.84 Å². The Morgan fingerprint density at radius 2 is 1.90 bits per heavy atom. The van der Waals surface area contributed by atoms with Crippen molar-refractivity contribution in [2.75, 3.05) is 18.6 Å². The Labute approximate surface area is 166 Å². The first-order valence-corrected chi connectivity index (χ1v) is 10.5. The third kappa shape index (κ3) is 3.52.